The number of thiophene rings is 4. The Morgan fingerprint density at radius 3 is 1.09 bits per heavy atom. The maximum Gasteiger partial charge on any atom is 0.0979 e. The van der Waals surface area contributed by atoms with Gasteiger partial charge in [0, 0.05) is 63.6 Å². The third-order valence-corrected chi connectivity index (χ3v) is 20.6. The summed E-state index contributed by atoms with van der Waals surface area (Å²) in [5.74, 6) is 2.95. The van der Waals surface area contributed by atoms with Gasteiger partial charge in [-0.25, -0.2) is 0 Å². The molecule has 0 spiro atoms. The van der Waals surface area contributed by atoms with Crippen LogP contribution in [0.3, 0.4) is 0 Å². The number of aromatic nitrogens is 2. The van der Waals surface area contributed by atoms with Gasteiger partial charge in [-0.15, -0.1) is 45.3 Å². The van der Waals surface area contributed by atoms with Crippen LogP contribution in [-0.4, -0.2) is 9.97 Å². The fourth-order valence-electron chi connectivity index (χ4n) is 12.4. The molecule has 0 bridgehead atoms. The second kappa shape index (κ2) is 21.5. The van der Waals surface area contributed by atoms with E-state index in [0.29, 0.717) is 0 Å². The number of hydrogen-bond acceptors (Lipinski definition) is 6. The summed E-state index contributed by atoms with van der Waals surface area (Å²) in [6, 6.07) is 15.2. The second-order valence-electron chi connectivity index (χ2n) is 20.1. The molecule has 1 aromatic carbocycles. The quantitative estimate of drug-likeness (QED) is 0.0542. The average Bonchev–Trinajstić information content (AvgIpc) is 4.19. The predicted octanol–water partition coefficient (Wildman–Crippen LogP) is 20.2. The molecule has 6 heteroatoms. The van der Waals surface area contributed by atoms with Gasteiger partial charge in [-0.05, 0) is 107 Å². The molecule has 2 aliphatic rings. The summed E-state index contributed by atoms with van der Waals surface area (Å²) in [5, 5.41) is 4.79. The number of hydrogen-bond donors (Lipinski definition) is 0. The highest BCUT2D eigenvalue weighted by Gasteiger charge is 2.49. The summed E-state index contributed by atoms with van der Waals surface area (Å²) in [4.78, 5) is 19.3. The number of benzene rings is 1. The first-order valence-corrected chi connectivity index (χ1v) is 29.4. The SMILES string of the molecule is CCCCC(CC)CC1(CC(CC)CCCC)c2ccsc2-c2sc(-c3ccc(-c4cc5c(s4)-c4sccc4C5(CC(CC)CCCC)CC(CC)CCCC)c4nccnc34)cc21. The lowest BCUT2D eigenvalue weighted by atomic mass is 9.65. The summed E-state index contributed by atoms with van der Waals surface area (Å²) in [5.41, 5.74) is 11.3. The van der Waals surface area contributed by atoms with Crippen LogP contribution >= 0.6 is 45.3 Å². The van der Waals surface area contributed by atoms with E-state index in [9.17, 15) is 0 Å². The van der Waals surface area contributed by atoms with Gasteiger partial charge in [-0.2, -0.15) is 0 Å². The van der Waals surface area contributed by atoms with Crippen molar-refractivity contribution in [1.82, 2.24) is 9.97 Å². The van der Waals surface area contributed by atoms with Gasteiger partial charge in [0.25, 0.3) is 0 Å². The molecule has 0 N–H and O–H groups in total. The van der Waals surface area contributed by atoms with Crippen LogP contribution in [0.4, 0.5) is 0 Å². The Balaban J connectivity index is 1.23. The van der Waals surface area contributed by atoms with E-state index in [1.165, 1.54) is 159 Å². The molecule has 2 nitrogen and oxygen atoms in total. The summed E-state index contributed by atoms with van der Waals surface area (Å²) < 4.78 is 0. The Bertz CT molecular complexity index is 2220. The van der Waals surface area contributed by atoms with Crippen LogP contribution in [0.25, 0.3) is 51.4 Å². The Labute approximate surface area is 404 Å². The zero-order chi connectivity index (χ0) is 44.8. The number of fused-ring (bicyclic) bond motifs is 7. The molecule has 5 aromatic heterocycles. The van der Waals surface area contributed by atoms with Crippen LogP contribution in [-0.2, 0) is 10.8 Å². The first-order valence-electron chi connectivity index (χ1n) is 26.0. The molecule has 4 unspecified atom stereocenters. The lowest BCUT2D eigenvalue weighted by Gasteiger charge is -2.37. The lowest BCUT2D eigenvalue weighted by Crippen LogP contribution is -2.31. The first-order chi connectivity index (χ1) is 31.3. The van der Waals surface area contributed by atoms with E-state index in [0.717, 1.165) is 34.7 Å². The van der Waals surface area contributed by atoms with Crippen LogP contribution in [0.15, 0.2) is 59.6 Å². The Kier molecular flexibility index (Phi) is 16.1. The topological polar surface area (TPSA) is 25.8 Å². The van der Waals surface area contributed by atoms with Gasteiger partial charge < -0.3 is 0 Å². The average molecular weight is 932 g/mol. The molecule has 0 radical (unpaired) electrons. The normalized spacial score (nSPS) is 19.4. The number of unbranched alkanes of at least 4 members (excludes halogenated alkanes) is 4. The molecule has 0 saturated heterocycles. The zero-order valence-corrected chi connectivity index (χ0v) is 44.0. The molecule has 344 valence electrons. The minimum absolute atomic E-state index is 0.0784. The van der Waals surface area contributed by atoms with E-state index in [-0.39, 0.29) is 10.8 Å². The van der Waals surface area contributed by atoms with Gasteiger partial charge in [0.2, 0.25) is 0 Å². The molecule has 5 heterocycles. The Morgan fingerprint density at radius 1 is 0.438 bits per heavy atom. The van der Waals surface area contributed by atoms with Crippen molar-refractivity contribution in [2.24, 2.45) is 23.7 Å². The van der Waals surface area contributed by atoms with Crippen LogP contribution in [0.1, 0.15) is 206 Å². The predicted molar refractivity (Wildman–Crippen MR) is 286 cm³/mol. The third kappa shape index (κ3) is 9.06. The maximum atomic E-state index is 5.22. The molecule has 8 rings (SSSR count). The van der Waals surface area contributed by atoms with Crippen LogP contribution < -0.4 is 0 Å². The van der Waals surface area contributed by atoms with Gasteiger partial charge >= 0.3 is 0 Å². The molecule has 2 aliphatic carbocycles. The van der Waals surface area contributed by atoms with Crippen molar-refractivity contribution in [2.45, 2.75) is 195 Å². The molecular formula is C58H78N2S4. The van der Waals surface area contributed by atoms with Crippen molar-refractivity contribution in [3.05, 3.63) is 81.8 Å². The molecular weight excluding hydrogens is 853 g/mol. The van der Waals surface area contributed by atoms with Crippen LogP contribution in [0.5, 0.6) is 0 Å². The molecule has 4 atom stereocenters. The molecule has 0 saturated carbocycles. The maximum absolute atomic E-state index is 5.22. The minimum Gasteiger partial charge on any atom is -0.252 e. The van der Waals surface area contributed by atoms with Crippen molar-refractivity contribution in [1.29, 1.82) is 0 Å². The van der Waals surface area contributed by atoms with Crippen LogP contribution in [0, 0.1) is 23.7 Å². The Hall–Kier alpha value is -2.64. The largest absolute Gasteiger partial charge is 0.252 e. The highest BCUT2D eigenvalue weighted by molar-refractivity contribution is 7.24. The lowest BCUT2D eigenvalue weighted by molar-refractivity contribution is 0.266. The number of nitrogens with zero attached hydrogens (tertiary/aromatic N) is 2. The second-order valence-corrected chi connectivity index (χ2v) is 24.0. The fourth-order valence-corrected chi connectivity index (χ4v) is 17.3. The minimum atomic E-state index is 0.0784. The monoisotopic (exact) mass is 931 g/mol. The number of rotatable bonds is 26. The van der Waals surface area contributed by atoms with Gasteiger partial charge in [0.1, 0.15) is 0 Å². The smallest absolute Gasteiger partial charge is 0.0979 e. The summed E-state index contributed by atoms with van der Waals surface area (Å²) >= 11 is 8.03. The van der Waals surface area contributed by atoms with E-state index in [2.05, 4.69) is 103 Å². The first kappa shape index (κ1) is 47.8. The van der Waals surface area contributed by atoms with Gasteiger partial charge in [-0.1, -0.05) is 170 Å². The summed E-state index contributed by atoms with van der Waals surface area (Å²) in [6.07, 6.45) is 29.8. The summed E-state index contributed by atoms with van der Waals surface area (Å²) in [6.45, 7) is 19.2. The van der Waals surface area contributed by atoms with Crippen molar-refractivity contribution in [3.8, 4) is 40.4 Å². The van der Waals surface area contributed by atoms with E-state index in [1.54, 1.807) is 32.0 Å². The molecule has 0 amide bonds. The van der Waals surface area contributed by atoms with Gasteiger partial charge in [0.05, 0.1) is 11.0 Å². The van der Waals surface area contributed by atoms with E-state index < -0.39 is 0 Å². The molecule has 64 heavy (non-hydrogen) atoms. The van der Waals surface area contributed by atoms with Crippen molar-refractivity contribution in [3.63, 3.8) is 0 Å². The standard InChI is InChI=1S/C58H78N2S4/c1-9-17-21-39(13-5)35-57(36-40(14-6)22-18-10-2)45-27-31-61-53(45)55-47(57)33-49(63-55)43-25-26-44(52-51(43)59-29-30-60-52)50-34-48-56(64-50)54-46(28-32-62-54)58(48,37-41(15-7)23-19-11-3)38-42(16-8)24-20-12-4/h25-34,39-42H,9-24,35-38H2,1-8H3. The molecule has 0 fully saturated rings. The van der Waals surface area contributed by atoms with Crippen molar-refractivity contribution < 1.29 is 0 Å². The molecule has 0 aliphatic heterocycles. The third-order valence-electron chi connectivity index (χ3n) is 16.1. The van der Waals surface area contributed by atoms with Gasteiger partial charge in [-0.3, -0.25) is 9.97 Å². The van der Waals surface area contributed by atoms with E-state index in [1.807, 2.05) is 57.7 Å². The van der Waals surface area contributed by atoms with E-state index >= 15 is 0 Å². The summed E-state index contributed by atoms with van der Waals surface area (Å²) in [7, 11) is 0. The van der Waals surface area contributed by atoms with E-state index in [4.69, 9.17) is 9.97 Å². The van der Waals surface area contributed by atoms with Crippen molar-refractivity contribution in [2.75, 3.05) is 0 Å². The van der Waals surface area contributed by atoms with Gasteiger partial charge in [0.15, 0.2) is 0 Å². The van der Waals surface area contributed by atoms with Crippen molar-refractivity contribution >= 4 is 56.4 Å². The Morgan fingerprint density at radius 2 is 0.781 bits per heavy atom. The highest BCUT2D eigenvalue weighted by Crippen LogP contribution is 2.63. The fraction of sp³-hybridized carbons (Fsp3) is 0.586. The zero-order valence-electron chi connectivity index (χ0n) is 40.8. The van der Waals surface area contributed by atoms with Crippen LogP contribution in [0.2, 0.25) is 0 Å². The molecule has 6 aromatic rings. The highest BCUT2D eigenvalue weighted by atomic mass is 32.1.